The second-order valence-corrected chi connectivity index (χ2v) is 19.3. The summed E-state index contributed by atoms with van der Waals surface area (Å²) in [6.45, 7) is 2.29. The number of benzene rings is 2. The fourth-order valence-corrected chi connectivity index (χ4v) is 14.5. The summed E-state index contributed by atoms with van der Waals surface area (Å²) < 4.78 is -1.24. The van der Waals surface area contributed by atoms with Crippen LogP contribution in [0.4, 0.5) is 0 Å². The van der Waals surface area contributed by atoms with Gasteiger partial charge in [0, 0.05) is 0 Å². The van der Waals surface area contributed by atoms with Crippen molar-refractivity contribution in [1.82, 2.24) is 0 Å². The van der Waals surface area contributed by atoms with Gasteiger partial charge in [0.1, 0.15) is 0 Å². The van der Waals surface area contributed by atoms with Crippen LogP contribution < -0.4 is 10.6 Å². The van der Waals surface area contributed by atoms with Crippen molar-refractivity contribution in [2.75, 3.05) is 0 Å². The predicted molar refractivity (Wildman–Crippen MR) is 81.1 cm³/mol. The molecule has 0 aliphatic heterocycles. The third-order valence-corrected chi connectivity index (χ3v) is 17.7. The molecule has 0 unspecified atom stereocenters. The molecule has 0 saturated carbocycles. The minimum absolute atomic E-state index is 0.635. The Kier molecular flexibility index (Phi) is 4.86. The zero-order valence-electron chi connectivity index (χ0n) is 9.74. The van der Waals surface area contributed by atoms with Gasteiger partial charge in [-0.1, -0.05) is 0 Å². The Morgan fingerprint density at radius 2 is 1.29 bits per heavy atom. The standard InChI is InChI=1S/C14H15PSe2/c1-2-17-15(16,13-9-5-3-6-10-13)14-11-7-4-8-12-14/h3-12H,2H2,1H3. The van der Waals surface area contributed by atoms with E-state index in [4.69, 9.17) is 0 Å². The van der Waals surface area contributed by atoms with Gasteiger partial charge in [-0.05, 0) is 0 Å². The molecule has 0 bridgehead atoms. The van der Waals surface area contributed by atoms with Gasteiger partial charge < -0.3 is 0 Å². The average Bonchev–Trinajstić information content (AvgIpc) is 2.41. The molecule has 0 atom stereocenters. The molecule has 0 spiro atoms. The summed E-state index contributed by atoms with van der Waals surface area (Å²) >= 11 is 4.20. The van der Waals surface area contributed by atoms with Crippen molar-refractivity contribution in [3.8, 4) is 0 Å². The monoisotopic (exact) mass is 374 g/mol. The molecular weight excluding hydrogens is 357 g/mol. The van der Waals surface area contributed by atoms with Gasteiger partial charge in [-0.25, -0.2) is 0 Å². The van der Waals surface area contributed by atoms with Crippen LogP contribution in [0.15, 0.2) is 60.7 Å². The van der Waals surface area contributed by atoms with E-state index < -0.39 is 4.20 Å². The van der Waals surface area contributed by atoms with Gasteiger partial charge in [0.2, 0.25) is 0 Å². The molecule has 0 heterocycles. The van der Waals surface area contributed by atoms with Crippen LogP contribution in [-0.4, -0.2) is 29.6 Å². The van der Waals surface area contributed by atoms with E-state index in [1.54, 1.807) is 0 Å². The van der Waals surface area contributed by atoms with Crippen molar-refractivity contribution in [3.63, 3.8) is 0 Å². The molecule has 0 radical (unpaired) electrons. The van der Waals surface area contributed by atoms with Gasteiger partial charge in [0.15, 0.2) is 0 Å². The molecule has 2 rings (SSSR count). The normalized spacial score (nSPS) is 11.4. The molecule has 88 valence electrons. The third-order valence-electron chi connectivity index (χ3n) is 2.50. The van der Waals surface area contributed by atoms with Crippen molar-refractivity contribution in [2.24, 2.45) is 0 Å². The fraction of sp³-hybridized carbons (Fsp3) is 0.143. The number of hydrogen-bond acceptors (Lipinski definition) is 0. The molecule has 2 aromatic carbocycles. The summed E-state index contributed by atoms with van der Waals surface area (Å²) in [6, 6.07) is 21.9. The molecule has 0 amide bonds. The van der Waals surface area contributed by atoms with Gasteiger partial charge >= 0.3 is 117 Å². The van der Waals surface area contributed by atoms with Crippen LogP contribution in [0, 0.1) is 0 Å². The molecule has 0 aliphatic rings. The Balaban J connectivity index is 2.51. The van der Waals surface area contributed by atoms with Gasteiger partial charge in [-0.15, -0.1) is 0 Å². The Labute approximate surface area is 117 Å². The second-order valence-electron chi connectivity index (χ2n) is 3.64. The van der Waals surface area contributed by atoms with E-state index in [0.717, 1.165) is 0 Å². The molecular formula is C14H15PSe2. The molecule has 0 aromatic heterocycles. The average molecular weight is 372 g/mol. The SMILES string of the molecule is CC[Se]P(=[Se])(c1ccccc1)c1ccccc1. The van der Waals surface area contributed by atoms with Crippen LogP contribution in [0.1, 0.15) is 6.92 Å². The molecule has 0 fully saturated rings. The Bertz CT molecular complexity index is 465. The van der Waals surface area contributed by atoms with Gasteiger partial charge in [-0.2, -0.15) is 0 Å². The fourth-order valence-electron chi connectivity index (χ4n) is 1.73. The predicted octanol–water partition coefficient (Wildman–Crippen LogP) is 2.80. The first-order valence-corrected chi connectivity index (χ1v) is 13.1. The van der Waals surface area contributed by atoms with Crippen LogP contribution >= 0.6 is 4.20 Å². The van der Waals surface area contributed by atoms with Gasteiger partial charge in [0.25, 0.3) is 0 Å². The van der Waals surface area contributed by atoms with E-state index in [2.05, 4.69) is 82.7 Å². The van der Waals surface area contributed by atoms with Crippen molar-refractivity contribution in [1.29, 1.82) is 0 Å². The van der Waals surface area contributed by atoms with Gasteiger partial charge in [0.05, 0.1) is 0 Å². The molecule has 2 aromatic rings. The topological polar surface area (TPSA) is 0 Å². The third kappa shape index (κ3) is 3.02. The zero-order valence-corrected chi connectivity index (χ0v) is 14.1. The van der Waals surface area contributed by atoms with Crippen molar-refractivity contribution >= 4 is 44.4 Å². The number of rotatable bonds is 4. The van der Waals surface area contributed by atoms with Crippen LogP contribution in [0.25, 0.3) is 0 Å². The van der Waals surface area contributed by atoms with Crippen LogP contribution in [0.5, 0.6) is 0 Å². The summed E-state index contributed by atoms with van der Waals surface area (Å²) in [5, 5.41) is 4.26. The quantitative estimate of drug-likeness (QED) is 0.572. The number of hydrogen-bond donors (Lipinski definition) is 0. The summed E-state index contributed by atoms with van der Waals surface area (Å²) in [6.07, 6.45) is 0. The maximum atomic E-state index is 3.56. The van der Waals surface area contributed by atoms with Crippen LogP contribution in [-0.2, 0) is 0 Å². The zero-order chi connectivity index (χ0) is 12.1. The first-order valence-electron chi connectivity index (χ1n) is 5.63. The maximum absolute atomic E-state index is 3.56. The minimum atomic E-state index is -1.24. The molecule has 3 heteroatoms. The first-order chi connectivity index (χ1) is 8.27. The Hall–Kier alpha value is -0.0910. The summed E-state index contributed by atoms with van der Waals surface area (Å²) in [5.41, 5.74) is 0. The van der Waals surface area contributed by atoms with E-state index in [0.29, 0.717) is 14.5 Å². The van der Waals surface area contributed by atoms with E-state index in [-0.39, 0.29) is 0 Å². The Morgan fingerprint density at radius 1 is 0.882 bits per heavy atom. The molecule has 0 nitrogen and oxygen atoms in total. The second kappa shape index (κ2) is 6.19. The summed E-state index contributed by atoms with van der Waals surface area (Å²) in [7, 11) is 0. The van der Waals surface area contributed by atoms with Crippen molar-refractivity contribution in [3.05, 3.63) is 60.7 Å². The molecule has 0 saturated heterocycles. The van der Waals surface area contributed by atoms with Crippen molar-refractivity contribution in [2.45, 2.75) is 12.2 Å². The van der Waals surface area contributed by atoms with Crippen LogP contribution in [0.2, 0.25) is 5.32 Å². The van der Waals surface area contributed by atoms with Gasteiger partial charge in [-0.3, -0.25) is 0 Å². The molecule has 0 N–H and O–H groups in total. The van der Waals surface area contributed by atoms with Crippen LogP contribution in [0.3, 0.4) is 0 Å². The van der Waals surface area contributed by atoms with Crippen molar-refractivity contribution < 1.29 is 0 Å². The van der Waals surface area contributed by atoms with E-state index >= 15 is 0 Å². The summed E-state index contributed by atoms with van der Waals surface area (Å²) in [4.78, 5) is 0. The van der Waals surface area contributed by atoms with E-state index in [1.165, 1.54) is 15.9 Å². The van der Waals surface area contributed by atoms with E-state index in [1.807, 2.05) is 0 Å². The first kappa shape index (κ1) is 13.3. The molecule has 17 heavy (non-hydrogen) atoms. The Morgan fingerprint density at radius 3 is 1.65 bits per heavy atom. The summed E-state index contributed by atoms with van der Waals surface area (Å²) in [5.74, 6) is 0. The molecule has 0 aliphatic carbocycles. The van der Waals surface area contributed by atoms with E-state index in [9.17, 15) is 0 Å².